The van der Waals surface area contributed by atoms with Crippen molar-refractivity contribution in [3.8, 4) is 23.0 Å². The number of phenols is 1. The Balaban J connectivity index is 0.000000327. The maximum absolute atomic E-state index is 12.7. The van der Waals surface area contributed by atoms with Gasteiger partial charge in [-0.2, -0.15) is 0 Å². The molecule has 340 valence electrons. The Morgan fingerprint density at radius 3 is 1.45 bits per heavy atom. The quantitative estimate of drug-likeness (QED) is 0.0245. The number of benzene rings is 3. The zero-order chi connectivity index (χ0) is 43.8. The molecule has 62 heavy (non-hydrogen) atoms. The average molecular weight is 1040 g/mol. The topological polar surface area (TPSA) is 82.1 Å². The van der Waals surface area contributed by atoms with Crippen LogP contribution in [0.25, 0.3) is 0 Å². The number of rotatable bonds is 29. The van der Waals surface area contributed by atoms with Gasteiger partial charge in [-0.05, 0) is 81.7 Å². The van der Waals surface area contributed by atoms with E-state index in [1.54, 1.807) is 36.4 Å². The minimum atomic E-state index is -1.21. The summed E-state index contributed by atoms with van der Waals surface area (Å²) in [5, 5.41) is 9.93. The standard InChI is InChI=1S/C32H68N.C22H14O6.Hg/c1-5-9-13-17-21-25-29-33(30-26-22-18-14-10-6-2,31-27-23-19-15-11-7-3)32-28-24-20-16-12-8-4;1-12(23)26-14-7-9-18-20(11-14)27-19-10-13(24)6-8-17(19)22(18)16-5-3-2-4-15(16)21(25)28-22;/h5-32H2,1-4H3;2-11,24H,1H3;/q+1;;. The minimum Gasteiger partial charge on any atom is -0.508 e. The van der Waals surface area contributed by atoms with Gasteiger partial charge in [0, 0.05) is 63.4 Å². The predicted molar refractivity (Wildman–Crippen MR) is 251 cm³/mol. The maximum Gasteiger partial charge on any atom is 0.340 e. The number of esters is 2. The van der Waals surface area contributed by atoms with E-state index in [2.05, 4.69) is 27.7 Å². The first kappa shape index (κ1) is 53.4. The Hall–Kier alpha value is -2.90. The molecule has 0 saturated heterocycles. The number of nitrogens with zero attached hydrogens (tertiary/aromatic N) is 1. The van der Waals surface area contributed by atoms with Crippen molar-refractivity contribution in [1.29, 1.82) is 0 Å². The molecule has 1 spiro atoms. The summed E-state index contributed by atoms with van der Waals surface area (Å²) in [6.45, 7) is 16.6. The molecule has 2 aliphatic heterocycles. The van der Waals surface area contributed by atoms with Crippen molar-refractivity contribution in [2.75, 3.05) is 26.2 Å². The van der Waals surface area contributed by atoms with Crippen LogP contribution in [-0.2, 0) is 42.8 Å². The summed E-state index contributed by atoms with van der Waals surface area (Å²) in [7, 11) is 0. The van der Waals surface area contributed by atoms with E-state index in [1.807, 2.05) is 12.1 Å². The average Bonchev–Trinajstić information content (AvgIpc) is 3.54. The summed E-state index contributed by atoms with van der Waals surface area (Å²) < 4.78 is 18.6. The van der Waals surface area contributed by atoms with E-state index in [0.717, 1.165) is 0 Å². The van der Waals surface area contributed by atoms with Gasteiger partial charge in [-0.1, -0.05) is 149 Å². The zero-order valence-electron chi connectivity index (χ0n) is 39.7. The van der Waals surface area contributed by atoms with Crippen molar-refractivity contribution in [2.24, 2.45) is 0 Å². The number of phenolic OH excluding ortho intramolecular Hbond substituents is 1. The van der Waals surface area contributed by atoms with Crippen molar-refractivity contribution in [3.05, 3.63) is 82.9 Å². The van der Waals surface area contributed by atoms with Gasteiger partial charge in [-0.25, -0.2) is 4.79 Å². The summed E-state index contributed by atoms with van der Waals surface area (Å²) in [5.74, 6) is 0.166. The third kappa shape index (κ3) is 16.3. The molecule has 3 aromatic carbocycles. The SMILES string of the molecule is CC(=O)Oc1ccc2c(c1)Oc1cc(O)ccc1C21OC(=O)c2ccccc21.CCCCCCCC[N+](CCCCCCCC)(CCCCCCCC)CCCCCCCC.[Hg]. The normalized spacial score (nSPS) is 14.8. The summed E-state index contributed by atoms with van der Waals surface area (Å²) in [6, 6.07) is 16.8. The van der Waals surface area contributed by atoms with Crippen LogP contribution in [0.15, 0.2) is 60.7 Å². The molecule has 8 heteroatoms. The van der Waals surface area contributed by atoms with Crippen LogP contribution >= 0.6 is 0 Å². The molecule has 0 amide bonds. The number of unbranched alkanes of at least 4 members (excludes halogenated alkanes) is 20. The molecule has 0 saturated carbocycles. The van der Waals surface area contributed by atoms with Crippen LogP contribution in [0.3, 0.4) is 0 Å². The predicted octanol–water partition coefficient (Wildman–Crippen LogP) is 15.1. The van der Waals surface area contributed by atoms with Crippen molar-refractivity contribution in [1.82, 2.24) is 0 Å². The van der Waals surface area contributed by atoms with Crippen LogP contribution < -0.4 is 9.47 Å². The molecule has 1 atom stereocenters. The van der Waals surface area contributed by atoms with Crippen LogP contribution in [0.4, 0.5) is 0 Å². The Morgan fingerprint density at radius 2 is 0.984 bits per heavy atom. The summed E-state index contributed by atoms with van der Waals surface area (Å²) >= 11 is 0. The second-order valence-electron chi connectivity index (χ2n) is 18.0. The van der Waals surface area contributed by atoms with Gasteiger partial charge in [0.1, 0.15) is 23.0 Å². The minimum absolute atomic E-state index is 0. The number of hydrogen-bond donors (Lipinski definition) is 1. The number of hydrogen-bond acceptors (Lipinski definition) is 6. The summed E-state index contributed by atoms with van der Waals surface area (Å²) in [4.78, 5) is 24.0. The molecule has 2 aliphatic rings. The first-order valence-electron chi connectivity index (χ1n) is 24.8. The fraction of sp³-hybridized carbons (Fsp3) is 0.630. The third-order valence-electron chi connectivity index (χ3n) is 12.9. The number of carbonyl (C=O) groups excluding carboxylic acids is 2. The summed E-state index contributed by atoms with van der Waals surface area (Å²) in [5.41, 5.74) is 1.17. The molecule has 0 fully saturated rings. The van der Waals surface area contributed by atoms with Crippen molar-refractivity contribution < 1.29 is 61.1 Å². The number of ether oxygens (including phenoxy) is 3. The Labute approximate surface area is 397 Å². The number of aromatic hydroxyl groups is 1. The maximum atomic E-state index is 12.7. The number of carbonyl (C=O) groups is 2. The zero-order valence-corrected chi connectivity index (χ0v) is 45.2. The molecule has 0 bridgehead atoms. The molecule has 0 aromatic heterocycles. The van der Waals surface area contributed by atoms with Crippen molar-refractivity contribution >= 4 is 11.9 Å². The Kier molecular flexibility index (Phi) is 25.4. The number of quaternary nitrogens is 1. The van der Waals surface area contributed by atoms with Crippen LogP contribution in [0.5, 0.6) is 23.0 Å². The smallest absolute Gasteiger partial charge is 0.340 e. The first-order chi connectivity index (χ1) is 29.7. The van der Waals surface area contributed by atoms with Gasteiger partial charge < -0.3 is 23.8 Å². The van der Waals surface area contributed by atoms with Gasteiger partial charge in [0.25, 0.3) is 0 Å². The Morgan fingerprint density at radius 1 is 0.565 bits per heavy atom. The van der Waals surface area contributed by atoms with E-state index < -0.39 is 17.5 Å². The largest absolute Gasteiger partial charge is 0.508 e. The van der Waals surface area contributed by atoms with Gasteiger partial charge in [0.2, 0.25) is 0 Å². The monoisotopic (exact) mass is 1040 g/mol. The summed E-state index contributed by atoms with van der Waals surface area (Å²) in [6.07, 6.45) is 34.8. The van der Waals surface area contributed by atoms with E-state index in [9.17, 15) is 14.7 Å². The van der Waals surface area contributed by atoms with Crippen LogP contribution in [0.2, 0.25) is 0 Å². The second kappa shape index (κ2) is 29.5. The molecular weight excluding hydrogens is 959 g/mol. The van der Waals surface area contributed by atoms with E-state index in [0.29, 0.717) is 39.5 Å². The molecule has 0 aliphatic carbocycles. The molecule has 1 N–H and O–H groups in total. The van der Waals surface area contributed by atoms with E-state index >= 15 is 0 Å². The fourth-order valence-electron chi connectivity index (χ4n) is 9.46. The van der Waals surface area contributed by atoms with Crippen molar-refractivity contribution in [2.45, 2.75) is 194 Å². The molecule has 0 radical (unpaired) electrons. The fourth-order valence-corrected chi connectivity index (χ4v) is 9.46. The molecule has 5 rings (SSSR count). The van der Waals surface area contributed by atoms with E-state index in [4.69, 9.17) is 14.2 Å². The van der Waals surface area contributed by atoms with Gasteiger partial charge in [0.05, 0.1) is 31.7 Å². The second-order valence-corrected chi connectivity index (χ2v) is 18.0. The first-order valence-corrected chi connectivity index (χ1v) is 24.8. The van der Waals surface area contributed by atoms with Crippen LogP contribution in [0.1, 0.15) is 216 Å². The molecule has 3 aromatic rings. The van der Waals surface area contributed by atoms with Gasteiger partial charge in [-0.15, -0.1) is 0 Å². The number of fused-ring (bicyclic) bond motifs is 6. The molecular formula is C54H82HgNO6+. The third-order valence-corrected chi connectivity index (χ3v) is 12.9. The van der Waals surface area contributed by atoms with Gasteiger partial charge in [0.15, 0.2) is 5.60 Å². The van der Waals surface area contributed by atoms with E-state index in [-0.39, 0.29) is 33.4 Å². The molecule has 7 nitrogen and oxygen atoms in total. The van der Waals surface area contributed by atoms with Crippen LogP contribution in [0, 0.1) is 0 Å². The Bertz CT molecular complexity index is 1670. The van der Waals surface area contributed by atoms with Gasteiger partial charge in [-0.3, -0.25) is 4.79 Å². The van der Waals surface area contributed by atoms with E-state index in [1.165, 1.54) is 204 Å². The van der Waals surface area contributed by atoms with Crippen molar-refractivity contribution in [3.63, 3.8) is 0 Å². The molecule has 2 heterocycles. The molecule has 1 unspecified atom stereocenters. The van der Waals surface area contributed by atoms with Crippen LogP contribution in [-0.4, -0.2) is 47.7 Å². The van der Waals surface area contributed by atoms with Gasteiger partial charge >= 0.3 is 11.9 Å².